The molecule has 0 bridgehead atoms. The summed E-state index contributed by atoms with van der Waals surface area (Å²) in [6.07, 6.45) is 0. The zero-order valence-electron chi connectivity index (χ0n) is 12.3. The topological polar surface area (TPSA) is 84.7 Å². The molecule has 0 spiro atoms. The van der Waals surface area contributed by atoms with Crippen LogP contribution in [0.2, 0.25) is 5.02 Å². The van der Waals surface area contributed by atoms with Crippen molar-refractivity contribution in [3.8, 4) is 5.69 Å². The van der Waals surface area contributed by atoms with Gasteiger partial charge in [0, 0.05) is 15.2 Å². The zero-order valence-corrected chi connectivity index (χ0v) is 14.6. The molecule has 3 aromatic rings. The molecule has 9 heteroatoms. The van der Waals surface area contributed by atoms with Gasteiger partial charge in [0.2, 0.25) is 0 Å². The Balaban J connectivity index is 1.64. The maximum Gasteiger partial charge on any atom is 0.319 e. The van der Waals surface area contributed by atoms with E-state index in [0.29, 0.717) is 16.5 Å². The fourth-order valence-corrected chi connectivity index (χ4v) is 2.51. The summed E-state index contributed by atoms with van der Waals surface area (Å²) in [7, 11) is 0. The van der Waals surface area contributed by atoms with Crippen LogP contribution in [-0.4, -0.2) is 26.2 Å². The number of nitrogens with one attached hydrogen (secondary N) is 2. The smallest absolute Gasteiger partial charge is 0.319 e. The summed E-state index contributed by atoms with van der Waals surface area (Å²) >= 11 is 9.21. The third-order valence-corrected chi connectivity index (χ3v) is 3.84. The number of urea groups is 1. The molecular weight excluding hydrogens is 396 g/mol. The first kappa shape index (κ1) is 16.4. The molecule has 2 aromatic carbocycles. The molecule has 2 amide bonds. The van der Waals surface area contributed by atoms with Crippen molar-refractivity contribution in [2.24, 2.45) is 0 Å². The minimum Gasteiger partial charge on any atom is -0.330 e. The Bertz CT molecular complexity index is 851. The predicted octanol–water partition coefficient (Wildman–Crippen LogP) is 3.40. The Morgan fingerprint density at radius 2 is 2.00 bits per heavy atom. The van der Waals surface area contributed by atoms with E-state index in [1.54, 1.807) is 28.9 Å². The lowest BCUT2D eigenvalue weighted by Gasteiger charge is -2.08. The highest BCUT2D eigenvalue weighted by Gasteiger charge is 2.10. The minimum atomic E-state index is -0.360. The maximum absolute atomic E-state index is 12.0. The van der Waals surface area contributed by atoms with Gasteiger partial charge in [-0.15, -0.1) is 5.10 Å². The number of carbonyl (C=O) groups excluding carboxylic acids is 1. The van der Waals surface area contributed by atoms with Crippen LogP contribution in [0, 0.1) is 0 Å². The average molecular weight is 408 g/mol. The highest BCUT2D eigenvalue weighted by molar-refractivity contribution is 9.10. The van der Waals surface area contributed by atoms with Gasteiger partial charge in [0.1, 0.15) is 0 Å². The predicted molar refractivity (Wildman–Crippen MR) is 94.2 cm³/mol. The Morgan fingerprint density at radius 3 is 2.75 bits per heavy atom. The Hall–Kier alpha value is -2.45. The average Bonchev–Trinajstić information content (AvgIpc) is 3.04. The van der Waals surface area contributed by atoms with Crippen LogP contribution in [0.1, 0.15) is 5.82 Å². The maximum atomic E-state index is 12.0. The normalized spacial score (nSPS) is 10.4. The molecule has 1 heterocycles. The number of rotatable bonds is 4. The van der Waals surface area contributed by atoms with E-state index in [4.69, 9.17) is 11.6 Å². The standard InChI is InChI=1S/C15H12BrClN6O/c16-10-2-1-3-13(8-10)23-14(20-21-22-23)9-18-15(24)19-12-6-4-11(17)5-7-12/h1-8H,9H2,(H2,18,19,24). The summed E-state index contributed by atoms with van der Waals surface area (Å²) in [5, 5.41) is 17.6. The van der Waals surface area contributed by atoms with E-state index in [1.807, 2.05) is 24.3 Å². The fourth-order valence-electron chi connectivity index (χ4n) is 1.99. The molecular formula is C15H12BrClN6O. The lowest BCUT2D eigenvalue weighted by atomic mass is 10.3. The van der Waals surface area contributed by atoms with E-state index in [9.17, 15) is 4.79 Å². The summed E-state index contributed by atoms with van der Waals surface area (Å²) in [5.74, 6) is 0.513. The first-order valence-electron chi connectivity index (χ1n) is 6.95. The molecule has 0 saturated heterocycles. The second-order valence-corrected chi connectivity index (χ2v) is 6.15. The van der Waals surface area contributed by atoms with E-state index in [1.165, 1.54) is 0 Å². The van der Waals surface area contributed by atoms with Gasteiger partial charge in [-0.05, 0) is 52.9 Å². The van der Waals surface area contributed by atoms with Crippen molar-refractivity contribution in [1.82, 2.24) is 25.5 Å². The first-order valence-corrected chi connectivity index (χ1v) is 8.12. The van der Waals surface area contributed by atoms with Gasteiger partial charge >= 0.3 is 6.03 Å². The monoisotopic (exact) mass is 406 g/mol. The lowest BCUT2D eigenvalue weighted by Crippen LogP contribution is -2.29. The summed E-state index contributed by atoms with van der Waals surface area (Å²) in [4.78, 5) is 12.0. The molecule has 0 unspecified atom stereocenters. The molecule has 0 fully saturated rings. The molecule has 1 aromatic heterocycles. The van der Waals surface area contributed by atoms with Crippen LogP contribution in [0.4, 0.5) is 10.5 Å². The van der Waals surface area contributed by atoms with Crippen LogP contribution in [0.3, 0.4) is 0 Å². The van der Waals surface area contributed by atoms with Gasteiger partial charge in [-0.2, -0.15) is 4.68 Å². The molecule has 0 aliphatic carbocycles. The molecule has 7 nitrogen and oxygen atoms in total. The first-order chi connectivity index (χ1) is 11.6. The number of anilines is 1. The number of amides is 2. The van der Waals surface area contributed by atoms with Gasteiger partial charge in [-0.1, -0.05) is 33.6 Å². The number of aromatic nitrogens is 4. The Kier molecular flexibility index (Phi) is 5.07. The number of tetrazole rings is 1. The lowest BCUT2D eigenvalue weighted by molar-refractivity contribution is 0.251. The van der Waals surface area contributed by atoms with Crippen molar-refractivity contribution >= 4 is 39.2 Å². The summed E-state index contributed by atoms with van der Waals surface area (Å²) in [5.41, 5.74) is 1.44. The van der Waals surface area contributed by atoms with Gasteiger partial charge in [-0.3, -0.25) is 0 Å². The van der Waals surface area contributed by atoms with Gasteiger partial charge in [0.15, 0.2) is 5.82 Å². The largest absolute Gasteiger partial charge is 0.330 e. The van der Waals surface area contributed by atoms with Gasteiger partial charge < -0.3 is 10.6 Å². The number of hydrogen-bond acceptors (Lipinski definition) is 4. The second kappa shape index (κ2) is 7.41. The molecule has 0 aliphatic heterocycles. The molecule has 24 heavy (non-hydrogen) atoms. The Morgan fingerprint density at radius 1 is 1.21 bits per heavy atom. The number of hydrogen-bond donors (Lipinski definition) is 2. The van der Waals surface area contributed by atoms with Gasteiger partial charge in [-0.25, -0.2) is 4.79 Å². The number of benzene rings is 2. The SMILES string of the molecule is O=C(NCc1nnnn1-c1cccc(Br)c1)Nc1ccc(Cl)cc1. The highest BCUT2D eigenvalue weighted by atomic mass is 79.9. The molecule has 0 atom stereocenters. The quantitative estimate of drug-likeness (QED) is 0.694. The van der Waals surface area contributed by atoms with Crippen molar-refractivity contribution in [1.29, 1.82) is 0 Å². The molecule has 2 N–H and O–H groups in total. The van der Waals surface area contributed by atoms with E-state index >= 15 is 0 Å². The van der Waals surface area contributed by atoms with Crippen LogP contribution in [-0.2, 0) is 6.54 Å². The van der Waals surface area contributed by atoms with Crippen molar-refractivity contribution in [2.45, 2.75) is 6.54 Å². The van der Waals surface area contributed by atoms with Gasteiger partial charge in [0.25, 0.3) is 0 Å². The van der Waals surface area contributed by atoms with Crippen molar-refractivity contribution in [3.05, 3.63) is 63.9 Å². The molecule has 122 valence electrons. The van der Waals surface area contributed by atoms with Crippen molar-refractivity contribution in [2.75, 3.05) is 5.32 Å². The van der Waals surface area contributed by atoms with Crippen molar-refractivity contribution in [3.63, 3.8) is 0 Å². The van der Waals surface area contributed by atoms with Crippen molar-refractivity contribution < 1.29 is 4.79 Å². The van der Waals surface area contributed by atoms with Crippen LogP contribution in [0.25, 0.3) is 5.69 Å². The number of nitrogens with zero attached hydrogens (tertiary/aromatic N) is 4. The van der Waals surface area contributed by atoms with Crippen LogP contribution in [0.5, 0.6) is 0 Å². The molecule has 0 radical (unpaired) electrons. The summed E-state index contributed by atoms with van der Waals surface area (Å²) in [6.45, 7) is 0.180. The number of halogens is 2. The van der Waals surface area contributed by atoms with Crippen LogP contribution < -0.4 is 10.6 Å². The number of carbonyl (C=O) groups is 1. The minimum absolute atomic E-state index is 0.180. The molecule has 3 rings (SSSR count). The van der Waals surface area contributed by atoms with Crippen LogP contribution >= 0.6 is 27.5 Å². The fraction of sp³-hybridized carbons (Fsp3) is 0.0667. The third kappa shape index (κ3) is 4.09. The van der Waals surface area contributed by atoms with E-state index in [-0.39, 0.29) is 12.6 Å². The zero-order chi connectivity index (χ0) is 16.9. The molecule has 0 saturated carbocycles. The summed E-state index contributed by atoms with van der Waals surface area (Å²) in [6, 6.07) is 14.0. The third-order valence-electron chi connectivity index (χ3n) is 3.10. The summed E-state index contributed by atoms with van der Waals surface area (Å²) < 4.78 is 2.47. The van der Waals surface area contributed by atoms with E-state index in [2.05, 4.69) is 42.1 Å². The molecule has 0 aliphatic rings. The van der Waals surface area contributed by atoms with E-state index in [0.717, 1.165) is 10.2 Å². The van der Waals surface area contributed by atoms with Gasteiger partial charge in [0.05, 0.1) is 12.2 Å². The Labute approximate surface area is 151 Å². The highest BCUT2D eigenvalue weighted by Crippen LogP contribution is 2.15. The second-order valence-electron chi connectivity index (χ2n) is 4.80. The van der Waals surface area contributed by atoms with Crippen LogP contribution in [0.15, 0.2) is 53.0 Å². The van der Waals surface area contributed by atoms with E-state index < -0.39 is 0 Å².